The third-order valence-electron chi connectivity index (χ3n) is 9.30. The van der Waals surface area contributed by atoms with Crippen molar-refractivity contribution < 1.29 is 49.9 Å². The van der Waals surface area contributed by atoms with Crippen molar-refractivity contribution in [1.29, 1.82) is 0 Å². The Morgan fingerprint density at radius 3 is 0.770 bits per heavy atom. The first-order valence-corrected chi connectivity index (χ1v) is 22.0. The summed E-state index contributed by atoms with van der Waals surface area (Å²) in [5.74, 6) is 2.25. The fourth-order valence-electron chi connectivity index (χ4n) is 5.87. The molecular weight excluding hydrogens is 826 g/mol. The maximum atomic E-state index is 10.0. The summed E-state index contributed by atoms with van der Waals surface area (Å²) in [7, 11) is -1.89. The number of allylic oxidation sites excluding steroid dienone is 4. The zero-order valence-electron chi connectivity index (χ0n) is 41.5. The molecule has 2 N–H and O–H groups in total. The minimum Gasteiger partial charge on any atom is -0.512 e. The maximum Gasteiger partial charge on any atom is 0.530 e. The molecule has 3 aromatic carbocycles. The Morgan fingerprint density at radius 2 is 0.639 bits per heavy atom. The second-order valence-corrected chi connectivity index (χ2v) is 22.9. The first-order chi connectivity index (χ1) is 26.8. The van der Waals surface area contributed by atoms with Gasteiger partial charge in [-0.1, -0.05) is 161 Å². The van der Waals surface area contributed by atoms with Gasteiger partial charge < -0.3 is 23.8 Å². The van der Waals surface area contributed by atoms with E-state index < -0.39 is 8.60 Å². The van der Waals surface area contributed by atoms with Crippen LogP contribution in [-0.2, 0) is 58.6 Å². The number of hydrogen-bond donors (Lipinski definition) is 2. The van der Waals surface area contributed by atoms with Crippen LogP contribution in [-0.4, -0.2) is 21.8 Å². The molecule has 3 rings (SSSR count). The molecule has 0 fully saturated rings. The van der Waals surface area contributed by atoms with Crippen LogP contribution in [0.5, 0.6) is 17.2 Å². The molecule has 0 saturated carbocycles. The largest absolute Gasteiger partial charge is 0.530 e. The average Bonchev–Trinajstić information content (AvgIpc) is 3.01. The van der Waals surface area contributed by atoms with E-state index in [2.05, 4.69) is 179 Å². The van der Waals surface area contributed by atoms with E-state index in [-0.39, 0.29) is 72.1 Å². The molecule has 0 radical (unpaired) electrons. The van der Waals surface area contributed by atoms with Gasteiger partial charge in [0.25, 0.3) is 0 Å². The zero-order chi connectivity index (χ0) is 47.0. The molecule has 0 aliphatic heterocycles. The Bertz CT molecular complexity index is 1760. The molecule has 3 aromatic rings. The third-order valence-corrected chi connectivity index (χ3v) is 10.3. The first kappa shape index (κ1) is 57.4. The molecule has 7 nitrogen and oxygen atoms in total. The summed E-state index contributed by atoms with van der Waals surface area (Å²) in [5, 5.41) is 16.7. The Morgan fingerprint density at radius 1 is 0.426 bits per heavy atom. The monoisotopic (exact) mass is 904 g/mol. The van der Waals surface area contributed by atoms with Crippen molar-refractivity contribution in [3.05, 3.63) is 112 Å². The summed E-state index contributed by atoms with van der Waals surface area (Å²) < 4.78 is 20.7. The van der Waals surface area contributed by atoms with Gasteiger partial charge in [0.1, 0.15) is 17.2 Å². The van der Waals surface area contributed by atoms with Crippen molar-refractivity contribution in [2.45, 2.75) is 185 Å². The molecule has 344 valence electrons. The van der Waals surface area contributed by atoms with Gasteiger partial charge >= 0.3 is 8.60 Å². The molecule has 0 aliphatic rings. The van der Waals surface area contributed by atoms with Gasteiger partial charge in [-0.05, 0) is 95.1 Å². The van der Waals surface area contributed by atoms with Crippen LogP contribution < -0.4 is 13.6 Å². The van der Waals surface area contributed by atoms with Crippen molar-refractivity contribution in [3.8, 4) is 17.2 Å². The van der Waals surface area contributed by atoms with Gasteiger partial charge in [-0.25, -0.2) is 0 Å². The van der Waals surface area contributed by atoms with E-state index in [1.54, 1.807) is 0 Å². The molecule has 0 unspecified atom stereocenters. The second kappa shape index (κ2) is 22.2. The van der Waals surface area contributed by atoms with Gasteiger partial charge in [0.05, 0.1) is 11.5 Å². The van der Waals surface area contributed by atoms with Crippen LogP contribution in [0.2, 0.25) is 0 Å². The molecular formula is C52H79NiO7P. The van der Waals surface area contributed by atoms with Gasteiger partial charge in [-0.15, -0.1) is 0 Å². The number of ketones is 2. The van der Waals surface area contributed by atoms with Crippen LogP contribution in [0.25, 0.3) is 0 Å². The quantitative estimate of drug-likeness (QED) is 0.100. The normalized spacial score (nSPS) is 12.9. The smallest absolute Gasteiger partial charge is 0.512 e. The summed E-state index contributed by atoms with van der Waals surface area (Å²) in [6.45, 7) is 46.0. The van der Waals surface area contributed by atoms with Crippen molar-refractivity contribution in [1.82, 2.24) is 0 Å². The zero-order valence-corrected chi connectivity index (χ0v) is 43.4. The SMILES string of the molecule is CC(=O)/C=C(/C)O.CC(=O)/C=C(/C)O.CC(C)(C)c1ccc(OP(Oc2ccc(C(C)(C)C)cc2C(C)(C)C)Oc2ccc(C(C)(C)C)cc2C(C)(C)C)c(C(C)(C)C)c1.[Ni]. The molecule has 61 heavy (non-hydrogen) atoms. The Kier molecular flexibility index (Phi) is 20.8. The summed E-state index contributed by atoms with van der Waals surface area (Å²) in [4.78, 5) is 20.0. The van der Waals surface area contributed by atoms with Crippen LogP contribution in [0.15, 0.2) is 78.3 Å². The Balaban J connectivity index is 0.00000205. The van der Waals surface area contributed by atoms with Gasteiger partial charge in [-0.2, -0.15) is 0 Å². The van der Waals surface area contributed by atoms with Gasteiger partial charge in [0.15, 0.2) is 11.6 Å². The molecule has 0 saturated heterocycles. The molecule has 0 aliphatic carbocycles. The van der Waals surface area contributed by atoms with Crippen LogP contribution in [0.4, 0.5) is 0 Å². The van der Waals surface area contributed by atoms with Gasteiger partial charge in [0, 0.05) is 45.3 Å². The van der Waals surface area contributed by atoms with E-state index in [1.165, 1.54) is 56.5 Å². The van der Waals surface area contributed by atoms with E-state index in [4.69, 9.17) is 23.8 Å². The van der Waals surface area contributed by atoms with Crippen molar-refractivity contribution in [3.63, 3.8) is 0 Å². The molecule has 0 aromatic heterocycles. The number of hydrogen-bond acceptors (Lipinski definition) is 7. The number of benzene rings is 3. The number of rotatable bonds is 8. The molecule has 9 heteroatoms. The Hall–Kier alpha value is -3.60. The van der Waals surface area contributed by atoms with Crippen molar-refractivity contribution >= 4 is 20.2 Å². The van der Waals surface area contributed by atoms with E-state index in [9.17, 15) is 9.59 Å². The van der Waals surface area contributed by atoms with Gasteiger partial charge in [-0.3, -0.25) is 9.59 Å². The van der Waals surface area contributed by atoms with E-state index in [0.29, 0.717) is 0 Å². The second-order valence-electron chi connectivity index (χ2n) is 21.9. The summed E-state index contributed by atoms with van der Waals surface area (Å²) in [5.41, 5.74) is 6.85. The molecule has 0 bridgehead atoms. The molecule has 0 spiro atoms. The minimum atomic E-state index is -1.89. The van der Waals surface area contributed by atoms with Crippen LogP contribution in [0, 0.1) is 0 Å². The molecule has 0 atom stereocenters. The van der Waals surface area contributed by atoms with E-state index in [1.807, 2.05) is 0 Å². The Labute approximate surface area is 382 Å². The van der Waals surface area contributed by atoms with E-state index >= 15 is 0 Å². The number of carbonyl (C=O) groups is 2. The molecule has 0 amide bonds. The summed E-state index contributed by atoms with van der Waals surface area (Å²) in [6.07, 6.45) is 2.33. The number of carbonyl (C=O) groups excluding carboxylic acids is 2. The van der Waals surface area contributed by atoms with Gasteiger partial charge in [0.2, 0.25) is 0 Å². The van der Waals surface area contributed by atoms with Crippen LogP contribution >= 0.6 is 8.60 Å². The van der Waals surface area contributed by atoms with Crippen LogP contribution in [0.3, 0.4) is 0 Å². The number of aliphatic hydroxyl groups is 2. The maximum absolute atomic E-state index is 10.0. The molecule has 0 heterocycles. The first-order valence-electron chi connectivity index (χ1n) is 20.9. The standard InChI is InChI=1S/C42H63O3P.2C5H8O2.Ni/c1-37(2,3)28-19-22-34(31(25-28)40(10,11)12)43-46(44-35-23-20-29(38(4,5)6)26-32(35)41(13,14)15)45-36-24-21-30(39(7,8)9)27-33(36)42(16,17)18;2*1-4(6)3-5(2)7;/h19-27H,1-18H3;2*3,6H,1-2H3;/b;2*4-3-;. The predicted octanol–water partition coefficient (Wildman–Crippen LogP) is 15.3. The number of aliphatic hydroxyl groups excluding tert-OH is 2. The topological polar surface area (TPSA) is 102 Å². The minimum absolute atomic E-state index is 0. The average molecular weight is 906 g/mol. The predicted molar refractivity (Wildman–Crippen MR) is 254 cm³/mol. The third kappa shape index (κ3) is 20.0. The fourth-order valence-corrected chi connectivity index (χ4v) is 6.94. The summed E-state index contributed by atoms with van der Waals surface area (Å²) >= 11 is 0. The summed E-state index contributed by atoms with van der Waals surface area (Å²) in [6, 6.07) is 19.7. The van der Waals surface area contributed by atoms with Crippen molar-refractivity contribution in [2.75, 3.05) is 0 Å². The van der Waals surface area contributed by atoms with E-state index in [0.717, 1.165) is 33.9 Å². The fraction of sp³-hybridized carbons (Fsp3) is 0.538. The van der Waals surface area contributed by atoms with Crippen LogP contribution in [0.1, 0.15) is 186 Å². The van der Waals surface area contributed by atoms with Crippen molar-refractivity contribution in [2.24, 2.45) is 0 Å².